The van der Waals surface area contributed by atoms with Crippen LogP contribution in [0.4, 0.5) is 5.82 Å². The van der Waals surface area contributed by atoms with Crippen LogP contribution in [-0.4, -0.2) is 15.0 Å². The van der Waals surface area contributed by atoms with Crippen LogP contribution in [0, 0.1) is 0 Å². The fraction of sp³-hybridized carbons (Fsp3) is 0.111. The second kappa shape index (κ2) is 4.08. The predicted molar refractivity (Wildman–Crippen MR) is 60.0 cm³/mol. The standard InChI is InChI=1S/C9H8Cl2N4/c10-7-2-1-3-8(11)6(7)5-15-13-4-9(12)14-15/h1-4H,5H2,(H2,12,14). The minimum atomic E-state index is 0.373. The zero-order valence-electron chi connectivity index (χ0n) is 7.69. The molecule has 0 radical (unpaired) electrons. The van der Waals surface area contributed by atoms with Gasteiger partial charge in [-0.3, -0.25) is 0 Å². The van der Waals surface area contributed by atoms with Crippen molar-refractivity contribution in [3.63, 3.8) is 0 Å². The Morgan fingerprint density at radius 2 is 1.93 bits per heavy atom. The summed E-state index contributed by atoms with van der Waals surface area (Å²) in [6.07, 6.45) is 1.48. The summed E-state index contributed by atoms with van der Waals surface area (Å²) in [7, 11) is 0. The van der Waals surface area contributed by atoms with Crippen molar-refractivity contribution in [2.24, 2.45) is 0 Å². The monoisotopic (exact) mass is 242 g/mol. The van der Waals surface area contributed by atoms with E-state index in [0.29, 0.717) is 22.4 Å². The van der Waals surface area contributed by atoms with Crippen LogP contribution >= 0.6 is 23.2 Å². The van der Waals surface area contributed by atoms with Crippen molar-refractivity contribution in [2.75, 3.05) is 5.73 Å². The second-order valence-electron chi connectivity index (χ2n) is 3.00. The van der Waals surface area contributed by atoms with Gasteiger partial charge in [-0.15, -0.1) is 5.10 Å². The van der Waals surface area contributed by atoms with Crippen LogP contribution in [-0.2, 0) is 6.54 Å². The largest absolute Gasteiger partial charge is 0.381 e. The molecule has 0 aliphatic carbocycles. The molecule has 2 rings (SSSR count). The van der Waals surface area contributed by atoms with Gasteiger partial charge < -0.3 is 5.73 Å². The molecule has 0 atom stereocenters. The van der Waals surface area contributed by atoms with Gasteiger partial charge in [-0.1, -0.05) is 29.3 Å². The molecular formula is C9H8Cl2N4. The van der Waals surface area contributed by atoms with E-state index in [4.69, 9.17) is 28.9 Å². The Bertz CT molecular complexity index is 460. The molecule has 0 aliphatic rings. The first-order valence-corrected chi connectivity index (χ1v) is 5.01. The molecule has 2 N–H and O–H groups in total. The fourth-order valence-corrected chi connectivity index (χ4v) is 1.73. The number of nitrogens with two attached hydrogens (primary N) is 1. The van der Waals surface area contributed by atoms with Crippen LogP contribution in [0.3, 0.4) is 0 Å². The molecule has 0 amide bonds. The van der Waals surface area contributed by atoms with Crippen LogP contribution in [0.5, 0.6) is 0 Å². The summed E-state index contributed by atoms with van der Waals surface area (Å²) in [6, 6.07) is 5.34. The zero-order chi connectivity index (χ0) is 10.8. The molecule has 0 saturated carbocycles. The number of rotatable bonds is 2. The summed E-state index contributed by atoms with van der Waals surface area (Å²) in [5.41, 5.74) is 6.24. The minimum Gasteiger partial charge on any atom is -0.381 e. The molecule has 0 saturated heterocycles. The Morgan fingerprint density at radius 1 is 1.27 bits per heavy atom. The van der Waals surface area contributed by atoms with E-state index < -0.39 is 0 Å². The lowest BCUT2D eigenvalue weighted by molar-refractivity contribution is 0.593. The summed E-state index contributed by atoms with van der Waals surface area (Å²) in [4.78, 5) is 1.45. The highest BCUT2D eigenvalue weighted by molar-refractivity contribution is 6.35. The summed E-state index contributed by atoms with van der Waals surface area (Å²) in [5.74, 6) is 0.373. The number of benzene rings is 1. The van der Waals surface area contributed by atoms with Gasteiger partial charge in [-0.05, 0) is 12.1 Å². The predicted octanol–water partition coefficient (Wildman–Crippen LogP) is 2.22. The Balaban J connectivity index is 2.31. The molecule has 1 aromatic heterocycles. The third-order valence-corrected chi connectivity index (χ3v) is 2.62. The van der Waals surface area contributed by atoms with Crippen molar-refractivity contribution in [2.45, 2.75) is 6.54 Å². The highest BCUT2D eigenvalue weighted by atomic mass is 35.5. The highest BCUT2D eigenvalue weighted by Crippen LogP contribution is 2.24. The molecule has 6 heteroatoms. The van der Waals surface area contributed by atoms with Gasteiger partial charge in [0.05, 0.1) is 12.7 Å². The quantitative estimate of drug-likeness (QED) is 0.879. The van der Waals surface area contributed by atoms with Gasteiger partial charge in [-0.2, -0.15) is 9.90 Å². The molecule has 0 unspecified atom stereocenters. The molecular weight excluding hydrogens is 235 g/mol. The van der Waals surface area contributed by atoms with Gasteiger partial charge >= 0.3 is 0 Å². The molecule has 1 heterocycles. The highest BCUT2D eigenvalue weighted by Gasteiger charge is 2.07. The molecule has 0 aliphatic heterocycles. The number of aromatic nitrogens is 3. The number of nitrogen functional groups attached to an aromatic ring is 1. The van der Waals surface area contributed by atoms with Gasteiger partial charge in [0.1, 0.15) is 0 Å². The molecule has 0 spiro atoms. The average molecular weight is 243 g/mol. The van der Waals surface area contributed by atoms with Crippen molar-refractivity contribution in [1.82, 2.24) is 15.0 Å². The molecule has 0 fully saturated rings. The van der Waals surface area contributed by atoms with Crippen LogP contribution < -0.4 is 5.73 Å². The summed E-state index contributed by atoms with van der Waals surface area (Å²) >= 11 is 12.0. The van der Waals surface area contributed by atoms with Gasteiger partial charge in [-0.25, -0.2) is 0 Å². The lowest BCUT2D eigenvalue weighted by Crippen LogP contribution is -2.05. The average Bonchev–Trinajstić information content (AvgIpc) is 2.58. The summed E-state index contributed by atoms with van der Waals surface area (Å²) < 4.78 is 0. The van der Waals surface area contributed by atoms with Crippen molar-refractivity contribution < 1.29 is 0 Å². The van der Waals surface area contributed by atoms with E-state index in [1.807, 2.05) is 0 Å². The fourth-order valence-electron chi connectivity index (χ4n) is 1.21. The Morgan fingerprint density at radius 3 is 2.47 bits per heavy atom. The van der Waals surface area contributed by atoms with Crippen molar-refractivity contribution >= 4 is 29.0 Å². The lowest BCUT2D eigenvalue weighted by atomic mass is 10.2. The number of halogens is 2. The van der Waals surface area contributed by atoms with E-state index >= 15 is 0 Å². The Hall–Kier alpha value is -1.26. The van der Waals surface area contributed by atoms with Crippen LogP contribution in [0.25, 0.3) is 0 Å². The molecule has 4 nitrogen and oxygen atoms in total. The van der Waals surface area contributed by atoms with Gasteiger partial charge in [0.2, 0.25) is 0 Å². The molecule has 0 bridgehead atoms. The number of anilines is 1. The topological polar surface area (TPSA) is 56.7 Å². The van der Waals surface area contributed by atoms with E-state index in [1.54, 1.807) is 18.2 Å². The van der Waals surface area contributed by atoms with Crippen molar-refractivity contribution in [3.05, 3.63) is 40.0 Å². The number of hydrogen-bond acceptors (Lipinski definition) is 3. The molecule has 2 aromatic rings. The Labute approximate surface area is 96.6 Å². The first kappa shape index (κ1) is 10.3. The molecule has 15 heavy (non-hydrogen) atoms. The summed E-state index contributed by atoms with van der Waals surface area (Å²) in [6.45, 7) is 0.412. The van der Waals surface area contributed by atoms with Gasteiger partial charge in [0.25, 0.3) is 0 Å². The van der Waals surface area contributed by atoms with E-state index in [1.165, 1.54) is 11.0 Å². The third-order valence-electron chi connectivity index (χ3n) is 1.92. The second-order valence-corrected chi connectivity index (χ2v) is 3.81. The van der Waals surface area contributed by atoms with E-state index in [-0.39, 0.29) is 0 Å². The SMILES string of the molecule is Nc1cnn(Cc2c(Cl)cccc2Cl)n1. The number of nitrogens with zero attached hydrogens (tertiary/aromatic N) is 3. The first-order chi connectivity index (χ1) is 7.16. The normalized spacial score (nSPS) is 10.5. The maximum absolute atomic E-state index is 6.00. The van der Waals surface area contributed by atoms with E-state index in [2.05, 4.69) is 10.2 Å². The van der Waals surface area contributed by atoms with Crippen molar-refractivity contribution in [1.29, 1.82) is 0 Å². The van der Waals surface area contributed by atoms with Crippen molar-refractivity contribution in [3.8, 4) is 0 Å². The first-order valence-electron chi connectivity index (χ1n) is 4.25. The van der Waals surface area contributed by atoms with Crippen LogP contribution in [0.15, 0.2) is 24.4 Å². The van der Waals surface area contributed by atoms with Crippen LogP contribution in [0.2, 0.25) is 10.0 Å². The number of hydrogen-bond donors (Lipinski definition) is 1. The Kier molecular flexibility index (Phi) is 2.79. The van der Waals surface area contributed by atoms with Gasteiger partial charge in [0, 0.05) is 15.6 Å². The maximum Gasteiger partial charge on any atom is 0.165 e. The minimum absolute atomic E-state index is 0.373. The molecule has 1 aromatic carbocycles. The van der Waals surface area contributed by atoms with E-state index in [0.717, 1.165) is 5.56 Å². The third kappa shape index (κ3) is 2.22. The maximum atomic E-state index is 6.00. The van der Waals surface area contributed by atoms with Crippen LogP contribution in [0.1, 0.15) is 5.56 Å². The van der Waals surface area contributed by atoms with Gasteiger partial charge in [0.15, 0.2) is 5.82 Å². The molecule has 78 valence electrons. The summed E-state index contributed by atoms with van der Waals surface area (Å²) in [5, 5.41) is 9.10. The smallest absolute Gasteiger partial charge is 0.165 e. The lowest BCUT2D eigenvalue weighted by Gasteiger charge is -2.05. The zero-order valence-corrected chi connectivity index (χ0v) is 9.20. The van der Waals surface area contributed by atoms with E-state index in [9.17, 15) is 0 Å².